The third-order valence-corrected chi connectivity index (χ3v) is 2.81. The van der Waals surface area contributed by atoms with Crippen molar-refractivity contribution in [1.82, 2.24) is 15.2 Å². The summed E-state index contributed by atoms with van der Waals surface area (Å²) in [5.74, 6) is 1.12. The molecule has 17 heavy (non-hydrogen) atoms. The number of nitrogens with one attached hydrogen (secondary N) is 1. The highest BCUT2D eigenvalue weighted by atomic mass is 15.3. The molecule has 0 saturated heterocycles. The second-order valence-corrected chi connectivity index (χ2v) is 5.29. The Hall–Kier alpha value is -1.23. The van der Waals surface area contributed by atoms with Gasteiger partial charge in [-0.25, -0.2) is 4.98 Å². The predicted molar refractivity (Wildman–Crippen MR) is 69.8 cm³/mol. The van der Waals surface area contributed by atoms with Crippen molar-refractivity contribution in [2.45, 2.75) is 46.6 Å². The van der Waals surface area contributed by atoms with Crippen LogP contribution in [-0.4, -0.2) is 27.3 Å². The maximum atomic E-state index is 5.83. The highest BCUT2D eigenvalue weighted by Gasteiger charge is 2.24. The van der Waals surface area contributed by atoms with E-state index in [0.717, 1.165) is 17.8 Å². The Morgan fingerprint density at radius 1 is 1.24 bits per heavy atom. The van der Waals surface area contributed by atoms with E-state index < -0.39 is 0 Å². The Kier molecular flexibility index (Phi) is 4.40. The van der Waals surface area contributed by atoms with E-state index in [1.54, 1.807) is 0 Å². The zero-order valence-corrected chi connectivity index (χ0v) is 11.4. The Balaban J connectivity index is 2.83. The lowest BCUT2D eigenvalue weighted by molar-refractivity contribution is 0.404. The van der Waals surface area contributed by atoms with Gasteiger partial charge in [0.25, 0.3) is 0 Å². The van der Waals surface area contributed by atoms with Crippen LogP contribution in [0.2, 0.25) is 0 Å². The summed E-state index contributed by atoms with van der Waals surface area (Å²) in [6, 6.07) is 0. The average Bonchev–Trinajstić information content (AvgIpc) is 2.22. The minimum absolute atomic E-state index is 0.183. The van der Waals surface area contributed by atoms with Gasteiger partial charge in [0.2, 0.25) is 5.95 Å². The fourth-order valence-corrected chi connectivity index (χ4v) is 1.87. The van der Waals surface area contributed by atoms with Crippen LogP contribution < -0.4 is 11.1 Å². The molecule has 1 atom stereocenters. The van der Waals surface area contributed by atoms with Crippen molar-refractivity contribution < 1.29 is 0 Å². The Morgan fingerprint density at radius 3 is 2.35 bits per heavy atom. The topological polar surface area (TPSA) is 76.7 Å². The minimum Gasteiger partial charge on any atom is -0.346 e. The molecule has 0 radical (unpaired) electrons. The first-order valence-electron chi connectivity index (χ1n) is 6.02. The molecular formula is C12H23N5. The number of hydrogen-bond donors (Lipinski definition) is 2. The van der Waals surface area contributed by atoms with Crippen LogP contribution >= 0.6 is 0 Å². The lowest BCUT2D eigenvalue weighted by Gasteiger charge is -2.31. The summed E-state index contributed by atoms with van der Waals surface area (Å²) < 4.78 is 0. The van der Waals surface area contributed by atoms with E-state index in [2.05, 4.69) is 41.3 Å². The van der Waals surface area contributed by atoms with Crippen LogP contribution in [-0.2, 0) is 0 Å². The van der Waals surface area contributed by atoms with Crippen molar-refractivity contribution in [3.8, 4) is 0 Å². The average molecular weight is 237 g/mol. The number of nitrogens with zero attached hydrogens (tertiary/aromatic N) is 3. The molecule has 1 heterocycles. The summed E-state index contributed by atoms with van der Waals surface area (Å²) in [5.41, 5.74) is 7.40. The summed E-state index contributed by atoms with van der Waals surface area (Å²) in [7, 11) is 0. The summed E-state index contributed by atoms with van der Waals surface area (Å²) in [4.78, 5) is 4.37. The smallest absolute Gasteiger partial charge is 0.243 e. The van der Waals surface area contributed by atoms with Gasteiger partial charge in [-0.1, -0.05) is 13.8 Å². The summed E-state index contributed by atoms with van der Waals surface area (Å²) in [6.45, 7) is 10.8. The number of aromatic nitrogens is 3. The van der Waals surface area contributed by atoms with Gasteiger partial charge < -0.3 is 11.1 Å². The van der Waals surface area contributed by atoms with Crippen LogP contribution in [0.25, 0.3) is 0 Å². The van der Waals surface area contributed by atoms with Crippen molar-refractivity contribution >= 4 is 5.95 Å². The standard InChI is InChI=1S/C12H23N5/c1-8(2)6-12(5,7-13)15-11-14-9(3)10(4)16-17-11/h8H,6-7,13H2,1-5H3,(H,14,15,17). The van der Waals surface area contributed by atoms with E-state index in [-0.39, 0.29) is 5.54 Å². The molecular weight excluding hydrogens is 214 g/mol. The molecule has 5 nitrogen and oxygen atoms in total. The Morgan fingerprint density at radius 2 is 1.88 bits per heavy atom. The van der Waals surface area contributed by atoms with Gasteiger partial charge in [0.05, 0.1) is 11.4 Å². The van der Waals surface area contributed by atoms with Crippen molar-refractivity contribution in [2.24, 2.45) is 11.7 Å². The number of anilines is 1. The molecule has 1 aromatic heterocycles. The van der Waals surface area contributed by atoms with E-state index >= 15 is 0 Å². The monoisotopic (exact) mass is 237 g/mol. The maximum Gasteiger partial charge on any atom is 0.243 e. The van der Waals surface area contributed by atoms with Gasteiger partial charge in [0, 0.05) is 12.1 Å². The number of nitrogens with two attached hydrogens (primary N) is 1. The van der Waals surface area contributed by atoms with Crippen molar-refractivity contribution in [2.75, 3.05) is 11.9 Å². The highest BCUT2D eigenvalue weighted by molar-refractivity contribution is 5.29. The van der Waals surface area contributed by atoms with Gasteiger partial charge in [-0.3, -0.25) is 0 Å². The first-order chi connectivity index (χ1) is 7.86. The van der Waals surface area contributed by atoms with Crippen molar-refractivity contribution in [3.63, 3.8) is 0 Å². The van der Waals surface area contributed by atoms with Crippen LogP contribution in [0, 0.1) is 19.8 Å². The molecule has 0 aliphatic rings. The first kappa shape index (κ1) is 13.8. The molecule has 0 aliphatic heterocycles. The normalized spacial score (nSPS) is 14.8. The summed E-state index contributed by atoms with van der Waals surface area (Å²) in [5, 5.41) is 11.4. The predicted octanol–water partition coefficient (Wildman–Crippen LogP) is 1.66. The maximum absolute atomic E-state index is 5.83. The van der Waals surface area contributed by atoms with E-state index in [1.165, 1.54) is 0 Å². The number of aryl methyl sites for hydroxylation is 2. The second-order valence-electron chi connectivity index (χ2n) is 5.29. The lowest BCUT2D eigenvalue weighted by Crippen LogP contribution is -2.44. The van der Waals surface area contributed by atoms with Gasteiger partial charge in [-0.15, -0.1) is 5.10 Å². The zero-order chi connectivity index (χ0) is 13.1. The van der Waals surface area contributed by atoms with Crippen molar-refractivity contribution in [1.29, 1.82) is 0 Å². The molecule has 1 unspecified atom stereocenters. The van der Waals surface area contributed by atoms with Crippen LogP contribution in [0.4, 0.5) is 5.95 Å². The number of hydrogen-bond acceptors (Lipinski definition) is 5. The molecule has 3 N–H and O–H groups in total. The molecule has 1 aromatic rings. The first-order valence-corrected chi connectivity index (χ1v) is 6.02. The molecule has 5 heteroatoms. The lowest BCUT2D eigenvalue weighted by atomic mass is 9.91. The Labute approximate surface area is 103 Å². The minimum atomic E-state index is -0.183. The molecule has 0 spiro atoms. The van der Waals surface area contributed by atoms with Gasteiger partial charge in [-0.2, -0.15) is 5.10 Å². The fraction of sp³-hybridized carbons (Fsp3) is 0.750. The quantitative estimate of drug-likeness (QED) is 0.814. The molecule has 0 bridgehead atoms. The molecule has 0 fully saturated rings. The van der Waals surface area contributed by atoms with E-state index in [9.17, 15) is 0 Å². The second kappa shape index (κ2) is 5.40. The summed E-state index contributed by atoms with van der Waals surface area (Å²) in [6.07, 6.45) is 0.972. The molecule has 0 saturated carbocycles. The molecule has 0 aromatic carbocycles. The molecule has 0 amide bonds. The van der Waals surface area contributed by atoms with E-state index in [0.29, 0.717) is 18.4 Å². The van der Waals surface area contributed by atoms with Crippen LogP contribution in [0.1, 0.15) is 38.6 Å². The van der Waals surface area contributed by atoms with Crippen LogP contribution in [0.15, 0.2) is 0 Å². The number of rotatable bonds is 5. The summed E-state index contributed by atoms with van der Waals surface area (Å²) >= 11 is 0. The molecule has 96 valence electrons. The SMILES string of the molecule is Cc1nnc(NC(C)(CN)CC(C)C)nc1C. The Bertz CT molecular complexity index is 377. The highest BCUT2D eigenvalue weighted by Crippen LogP contribution is 2.19. The fourth-order valence-electron chi connectivity index (χ4n) is 1.87. The van der Waals surface area contributed by atoms with Gasteiger partial charge in [0.1, 0.15) is 0 Å². The van der Waals surface area contributed by atoms with Crippen molar-refractivity contribution in [3.05, 3.63) is 11.4 Å². The zero-order valence-electron chi connectivity index (χ0n) is 11.4. The van der Waals surface area contributed by atoms with E-state index in [4.69, 9.17) is 5.73 Å². The van der Waals surface area contributed by atoms with Gasteiger partial charge in [0.15, 0.2) is 0 Å². The molecule has 1 rings (SSSR count). The van der Waals surface area contributed by atoms with Crippen LogP contribution in [0.3, 0.4) is 0 Å². The van der Waals surface area contributed by atoms with E-state index in [1.807, 2.05) is 13.8 Å². The molecule has 0 aliphatic carbocycles. The third kappa shape index (κ3) is 3.93. The van der Waals surface area contributed by atoms with Gasteiger partial charge in [-0.05, 0) is 33.1 Å². The van der Waals surface area contributed by atoms with Crippen LogP contribution in [0.5, 0.6) is 0 Å². The third-order valence-electron chi connectivity index (χ3n) is 2.81. The van der Waals surface area contributed by atoms with Gasteiger partial charge >= 0.3 is 0 Å². The largest absolute Gasteiger partial charge is 0.346 e.